The predicted molar refractivity (Wildman–Crippen MR) is 77.6 cm³/mol. The number of hydrogen-bond acceptors (Lipinski definition) is 1. The minimum atomic E-state index is -0.229. The molecule has 2 heterocycles. The van der Waals surface area contributed by atoms with Gasteiger partial charge in [-0.15, -0.1) is 0 Å². The van der Waals surface area contributed by atoms with Crippen LogP contribution in [0.25, 0.3) is 27.5 Å². The molecule has 0 fully saturated rings. The van der Waals surface area contributed by atoms with E-state index in [-0.39, 0.29) is 5.82 Å². The van der Waals surface area contributed by atoms with Gasteiger partial charge < -0.3 is 4.57 Å². The fourth-order valence-corrected chi connectivity index (χ4v) is 2.74. The predicted octanol–water partition coefficient (Wildman–Crippen LogP) is 3.95. The molecule has 2 aromatic heterocycles. The Morgan fingerprint density at radius 1 is 1.10 bits per heavy atom. The molecule has 3 nitrogen and oxygen atoms in total. The largest absolute Gasteiger partial charge is 0.314 e. The average Bonchev–Trinajstić information content (AvgIpc) is 2.98. The summed E-state index contributed by atoms with van der Waals surface area (Å²) in [5.74, 6) is -0.229. The molecular formula is C16H12FN3. The van der Waals surface area contributed by atoms with E-state index in [1.54, 1.807) is 18.3 Å². The van der Waals surface area contributed by atoms with Crippen LogP contribution in [0.15, 0.2) is 48.7 Å². The molecule has 0 bridgehead atoms. The Labute approximate surface area is 114 Å². The molecule has 4 aromatic rings. The molecule has 0 radical (unpaired) electrons. The smallest absolute Gasteiger partial charge is 0.125 e. The lowest BCUT2D eigenvalue weighted by molar-refractivity contribution is 0.626. The molecule has 0 spiro atoms. The highest BCUT2D eigenvalue weighted by molar-refractivity contribution is 5.96. The van der Waals surface area contributed by atoms with E-state index in [0.29, 0.717) is 0 Å². The third-order valence-electron chi connectivity index (χ3n) is 3.61. The third-order valence-corrected chi connectivity index (χ3v) is 3.61. The van der Waals surface area contributed by atoms with Crippen LogP contribution < -0.4 is 0 Å². The van der Waals surface area contributed by atoms with Gasteiger partial charge in [0.2, 0.25) is 0 Å². The van der Waals surface area contributed by atoms with Crippen LogP contribution in [0.5, 0.6) is 0 Å². The van der Waals surface area contributed by atoms with Crippen LogP contribution in [0, 0.1) is 12.7 Å². The fraction of sp³-hybridized carbons (Fsp3) is 0.0625. The van der Waals surface area contributed by atoms with Crippen LogP contribution >= 0.6 is 0 Å². The molecule has 0 saturated carbocycles. The number of aromatic nitrogens is 3. The number of benzene rings is 2. The lowest BCUT2D eigenvalue weighted by atomic mass is 10.2. The number of aryl methyl sites for hydroxylation is 1. The number of nitrogens with one attached hydrogen (secondary N) is 1. The Morgan fingerprint density at radius 2 is 2.00 bits per heavy atom. The van der Waals surface area contributed by atoms with Crippen molar-refractivity contribution in [2.45, 2.75) is 6.92 Å². The van der Waals surface area contributed by atoms with Crippen LogP contribution in [0.1, 0.15) is 5.69 Å². The van der Waals surface area contributed by atoms with Crippen LogP contribution in [0.2, 0.25) is 0 Å². The van der Waals surface area contributed by atoms with Gasteiger partial charge in [-0.1, -0.05) is 6.07 Å². The van der Waals surface area contributed by atoms with Gasteiger partial charge in [0.05, 0.1) is 17.2 Å². The summed E-state index contributed by atoms with van der Waals surface area (Å²) in [4.78, 5) is 0. The van der Waals surface area contributed by atoms with E-state index in [2.05, 4.69) is 33.0 Å². The molecular weight excluding hydrogens is 253 g/mol. The summed E-state index contributed by atoms with van der Waals surface area (Å²) < 4.78 is 15.5. The van der Waals surface area contributed by atoms with Crippen LogP contribution in [0.4, 0.5) is 4.39 Å². The zero-order valence-corrected chi connectivity index (χ0v) is 10.9. The number of H-pyrrole nitrogens is 1. The van der Waals surface area contributed by atoms with Crippen molar-refractivity contribution in [3.63, 3.8) is 0 Å². The second kappa shape index (κ2) is 3.93. The first-order valence-corrected chi connectivity index (χ1v) is 6.43. The van der Waals surface area contributed by atoms with Crippen molar-refractivity contribution >= 4 is 21.8 Å². The van der Waals surface area contributed by atoms with Crippen molar-refractivity contribution in [3.8, 4) is 5.69 Å². The molecule has 0 amide bonds. The lowest BCUT2D eigenvalue weighted by Gasteiger charge is -2.08. The van der Waals surface area contributed by atoms with Gasteiger partial charge in [0.15, 0.2) is 0 Å². The van der Waals surface area contributed by atoms with Gasteiger partial charge in [-0.2, -0.15) is 5.10 Å². The van der Waals surface area contributed by atoms with E-state index in [9.17, 15) is 4.39 Å². The highest BCUT2D eigenvalue weighted by Gasteiger charge is 2.10. The summed E-state index contributed by atoms with van der Waals surface area (Å²) in [7, 11) is 0. The van der Waals surface area contributed by atoms with Gasteiger partial charge in [-0.05, 0) is 43.3 Å². The zero-order chi connectivity index (χ0) is 13.7. The Kier molecular flexibility index (Phi) is 2.21. The molecule has 0 saturated heterocycles. The first kappa shape index (κ1) is 11.2. The van der Waals surface area contributed by atoms with Gasteiger partial charge in [0.25, 0.3) is 0 Å². The molecule has 2 aromatic carbocycles. The number of fused-ring (bicyclic) bond motifs is 2. The summed E-state index contributed by atoms with van der Waals surface area (Å²) in [6.07, 6.45) is 1.80. The Bertz CT molecular complexity index is 933. The maximum absolute atomic E-state index is 13.5. The Morgan fingerprint density at radius 3 is 2.85 bits per heavy atom. The van der Waals surface area contributed by atoms with E-state index >= 15 is 0 Å². The van der Waals surface area contributed by atoms with E-state index in [1.807, 2.05) is 13.0 Å². The van der Waals surface area contributed by atoms with Crippen LogP contribution in [-0.4, -0.2) is 14.8 Å². The van der Waals surface area contributed by atoms with Gasteiger partial charge in [-0.25, -0.2) is 4.39 Å². The van der Waals surface area contributed by atoms with Crippen molar-refractivity contribution < 1.29 is 4.39 Å². The zero-order valence-electron chi connectivity index (χ0n) is 10.9. The average molecular weight is 265 g/mol. The normalized spacial score (nSPS) is 11.5. The molecule has 0 aliphatic heterocycles. The molecule has 4 rings (SSSR count). The highest BCUT2D eigenvalue weighted by Crippen LogP contribution is 2.27. The summed E-state index contributed by atoms with van der Waals surface area (Å²) in [5, 5.41) is 9.18. The minimum Gasteiger partial charge on any atom is -0.314 e. The van der Waals surface area contributed by atoms with E-state index in [1.165, 1.54) is 6.07 Å². The number of halogens is 1. The molecule has 20 heavy (non-hydrogen) atoms. The van der Waals surface area contributed by atoms with Crippen molar-refractivity contribution in [2.24, 2.45) is 0 Å². The quantitative estimate of drug-likeness (QED) is 0.555. The second-order valence-corrected chi connectivity index (χ2v) is 4.97. The molecule has 4 heteroatoms. The first-order valence-electron chi connectivity index (χ1n) is 6.43. The Hall–Kier alpha value is -2.62. The molecule has 0 aliphatic rings. The molecule has 0 atom stereocenters. The monoisotopic (exact) mass is 265 g/mol. The fourth-order valence-electron chi connectivity index (χ4n) is 2.74. The molecule has 0 unspecified atom stereocenters. The van der Waals surface area contributed by atoms with Gasteiger partial charge >= 0.3 is 0 Å². The molecule has 0 aliphatic carbocycles. The maximum atomic E-state index is 13.5. The van der Waals surface area contributed by atoms with Crippen LogP contribution in [0.3, 0.4) is 0 Å². The number of nitrogens with zero attached hydrogens (tertiary/aromatic N) is 2. The summed E-state index contributed by atoms with van der Waals surface area (Å²) in [6.45, 7) is 2.03. The number of hydrogen-bond donors (Lipinski definition) is 1. The van der Waals surface area contributed by atoms with Crippen molar-refractivity contribution in [2.75, 3.05) is 0 Å². The summed E-state index contributed by atoms with van der Waals surface area (Å²) in [5.41, 5.74) is 3.97. The minimum absolute atomic E-state index is 0.229. The standard InChI is InChI=1S/C16H12FN3/c1-10-5-11-6-15-12(9-18-19-15)7-16(11)20(10)14-4-2-3-13(17)8-14/h2-9H,1H3,(H,18,19). The van der Waals surface area contributed by atoms with Gasteiger partial charge in [0.1, 0.15) is 5.82 Å². The number of rotatable bonds is 1. The van der Waals surface area contributed by atoms with E-state index in [4.69, 9.17) is 0 Å². The second-order valence-electron chi connectivity index (χ2n) is 4.97. The first-order chi connectivity index (χ1) is 9.72. The van der Waals surface area contributed by atoms with Crippen molar-refractivity contribution in [1.82, 2.24) is 14.8 Å². The molecule has 98 valence electrons. The highest BCUT2D eigenvalue weighted by atomic mass is 19.1. The number of aromatic amines is 1. The van der Waals surface area contributed by atoms with E-state index < -0.39 is 0 Å². The van der Waals surface area contributed by atoms with Crippen molar-refractivity contribution in [1.29, 1.82) is 0 Å². The summed E-state index contributed by atoms with van der Waals surface area (Å²) >= 11 is 0. The SMILES string of the molecule is Cc1cc2cc3[nH]ncc3cc2n1-c1cccc(F)c1. The van der Waals surface area contributed by atoms with Gasteiger partial charge in [-0.3, -0.25) is 5.10 Å². The van der Waals surface area contributed by atoms with E-state index in [0.717, 1.165) is 33.2 Å². The van der Waals surface area contributed by atoms with Crippen LogP contribution in [-0.2, 0) is 0 Å². The molecule has 1 N–H and O–H groups in total. The van der Waals surface area contributed by atoms with Crippen molar-refractivity contribution in [3.05, 3.63) is 60.2 Å². The summed E-state index contributed by atoms with van der Waals surface area (Å²) in [6, 6.07) is 12.9. The third kappa shape index (κ3) is 1.54. The Balaban J connectivity index is 2.09. The lowest BCUT2D eigenvalue weighted by Crippen LogP contribution is -1.96. The topological polar surface area (TPSA) is 33.6 Å². The van der Waals surface area contributed by atoms with Gasteiger partial charge in [0, 0.05) is 22.2 Å². The maximum Gasteiger partial charge on any atom is 0.125 e.